The number of rotatable bonds is 0. The third-order valence-electron chi connectivity index (χ3n) is 2.18. The van der Waals surface area contributed by atoms with Crippen LogP contribution in [0.25, 0.3) is 0 Å². The van der Waals surface area contributed by atoms with Gasteiger partial charge in [-0.05, 0) is 19.8 Å². The summed E-state index contributed by atoms with van der Waals surface area (Å²) in [5, 5.41) is 9.11. The highest BCUT2D eigenvalue weighted by molar-refractivity contribution is 5.76. The Labute approximate surface area is 66.1 Å². The third kappa shape index (κ3) is 1.05. The Morgan fingerprint density at radius 3 is 2.64 bits per heavy atom. The third-order valence-corrected chi connectivity index (χ3v) is 2.18. The lowest BCUT2D eigenvalue weighted by molar-refractivity contribution is -0.183. The summed E-state index contributed by atoms with van der Waals surface area (Å²) in [4.78, 5) is 5.47. The molecule has 2 unspecified atom stereocenters. The fraction of sp³-hybridized carbons (Fsp3) is 0.625. The van der Waals surface area contributed by atoms with Crippen LogP contribution in [0.3, 0.4) is 0 Å². The van der Waals surface area contributed by atoms with Crippen LogP contribution in [0.15, 0.2) is 12.2 Å². The molecule has 3 heteroatoms. The zero-order valence-electron chi connectivity index (χ0n) is 6.58. The number of hydroxylamine groups is 2. The molecule has 3 rings (SSSR count). The van der Waals surface area contributed by atoms with Gasteiger partial charge in [-0.3, -0.25) is 10.2 Å². The molecule has 11 heavy (non-hydrogen) atoms. The van der Waals surface area contributed by atoms with Crippen LogP contribution in [0.2, 0.25) is 0 Å². The molecule has 2 atom stereocenters. The van der Waals surface area contributed by atoms with E-state index in [4.69, 9.17) is 10.2 Å². The van der Waals surface area contributed by atoms with Gasteiger partial charge in [-0.2, -0.15) is 0 Å². The van der Waals surface area contributed by atoms with Crippen molar-refractivity contribution in [3.63, 3.8) is 0 Å². The minimum atomic E-state index is 0.222. The molecule has 1 aliphatic carbocycles. The minimum Gasteiger partial charge on any atom is -0.287 e. The zero-order chi connectivity index (χ0) is 7.84. The summed E-state index contributed by atoms with van der Waals surface area (Å²) in [5.74, 6) is 0.504. The molecule has 2 aliphatic heterocycles. The standard InChI is InChI=1S/C8H12N2O/c1-6(9)10-7-2-4-8(11-10)5-3-7/h2,4,7-9H,3,5H2,1H3. The van der Waals surface area contributed by atoms with Crippen molar-refractivity contribution in [3.05, 3.63) is 12.2 Å². The molecule has 3 aliphatic rings. The van der Waals surface area contributed by atoms with Crippen molar-refractivity contribution < 1.29 is 4.84 Å². The van der Waals surface area contributed by atoms with Crippen LogP contribution in [0.1, 0.15) is 19.8 Å². The minimum absolute atomic E-state index is 0.222. The van der Waals surface area contributed by atoms with E-state index in [1.165, 1.54) is 0 Å². The van der Waals surface area contributed by atoms with Crippen LogP contribution in [0, 0.1) is 5.41 Å². The highest BCUT2D eigenvalue weighted by Gasteiger charge is 2.30. The SMILES string of the molecule is CC(=N)N1OC2C=CC1CC2. The first kappa shape index (κ1) is 6.85. The smallest absolute Gasteiger partial charge is 0.118 e. The van der Waals surface area contributed by atoms with Gasteiger partial charge in [-0.25, -0.2) is 5.06 Å². The molecule has 0 aromatic heterocycles. The number of nitrogens with zero attached hydrogens (tertiary/aromatic N) is 1. The summed E-state index contributed by atoms with van der Waals surface area (Å²) in [6, 6.07) is 0.317. The lowest BCUT2D eigenvalue weighted by Gasteiger charge is -2.40. The van der Waals surface area contributed by atoms with Crippen molar-refractivity contribution in [1.82, 2.24) is 5.06 Å². The highest BCUT2D eigenvalue weighted by atomic mass is 16.7. The predicted molar refractivity (Wildman–Crippen MR) is 42.3 cm³/mol. The number of fused-ring (bicyclic) bond motifs is 2. The highest BCUT2D eigenvalue weighted by Crippen LogP contribution is 2.27. The molecule has 60 valence electrons. The number of nitrogens with one attached hydrogen (secondary N) is 1. The molecule has 2 bridgehead atoms. The Kier molecular flexibility index (Phi) is 1.46. The van der Waals surface area contributed by atoms with E-state index in [1.54, 1.807) is 12.0 Å². The second-order valence-corrected chi connectivity index (χ2v) is 3.08. The van der Waals surface area contributed by atoms with Gasteiger partial charge >= 0.3 is 0 Å². The fourth-order valence-electron chi connectivity index (χ4n) is 1.61. The van der Waals surface area contributed by atoms with E-state index in [2.05, 4.69) is 12.2 Å². The molecule has 0 amide bonds. The Hall–Kier alpha value is -0.830. The maximum absolute atomic E-state index is 7.41. The molecule has 1 fully saturated rings. The summed E-state index contributed by atoms with van der Waals surface area (Å²) in [7, 11) is 0. The van der Waals surface area contributed by atoms with E-state index in [1.807, 2.05) is 0 Å². The second kappa shape index (κ2) is 2.34. The van der Waals surface area contributed by atoms with Gasteiger partial charge in [0.1, 0.15) is 11.9 Å². The van der Waals surface area contributed by atoms with Gasteiger partial charge in [0.05, 0.1) is 6.04 Å². The van der Waals surface area contributed by atoms with Gasteiger partial charge in [0.2, 0.25) is 0 Å². The summed E-state index contributed by atoms with van der Waals surface area (Å²) in [5.41, 5.74) is 0. The molecule has 3 nitrogen and oxygen atoms in total. The molecule has 1 saturated heterocycles. The number of amidine groups is 1. The lowest BCUT2D eigenvalue weighted by atomic mass is 9.98. The van der Waals surface area contributed by atoms with Gasteiger partial charge in [-0.15, -0.1) is 0 Å². The van der Waals surface area contributed by atoms with Crippen LogP contribution in [0.5, 0.6) is 0 Å². The number of hydrogen-bond donors (Lipinski definition) is 1. The van der Waals surface area contributed by atoms with Crippen LogP contribution in [-0.2, 0) is 4.84 Å². The van der Waals surface area contributed by atoms with Crippen molar-refractivity contribution in [2.75, 3.05) is 0 Å². The first-order valence-electron chi connectivity index (χ1n) is 3.97. The zero-order valence-corrected chi connectivity index (χ0v) is 6.58. The monoisotopic (exact) mass is 152 g/mol. The van der Waals surface area contributed by atoms with E-state index in [0.717, 1.165) is 12.8 Å². The molecule has 0 radical (unpaired) electrons. The summed E-state index contributed by atoms with van der Waals surface area (Å²) < 4.78 is 0. The topological polar surface area (TPSA) is 36.3 Å². The molecule has 0 spiro atoms. The van der Waals surface area contributed by atoms with Crippen LogP contribution < -0.4 is 0 Å². The van der Waals surface area contributed by atoms with Gasteiger partial charge in [0.25, 0.3) is 0 Å². The summed E-state index contributed by atoms with van der Waals surface area (Å²) in [6.07, 6.45) is 6.67. The fourth-order valence-corrected chi connectivity index (χ4v) is 1.61. The Morgan fingerprint density at radius 1 is 1.55 bits per heavy atom. The quantitative estimate of drug-likeness (QED) is 0.323. The lowest BCUT2D eigenvalue weighted by Crippen LogP contribution is -2.47. The molecule has 0 saturated carbocycles. The second-order valence-electron chi connectivity index (χ2n) is 3.08. The average Bonchev–Trinajstić information content (AvgIpc) is 2.06. The average molecular weight is 152 g/mol. The summed E-state index contributed by atoms with van der Waals surface area (Å²) in [6.45, 7) is 1.76. The van der Waals surface area contributed by atoms with E-state index in [0.29, 0.717) is 11.9 Å². The van der Waals surface area contributed by atoms with Gasteiger partial charge in [0, 0.05) is 0 Å². The molecule has 1 N–H and O–H groups in total. The Bertz CT molecular complexity index is 212. The Balaban J connectivity index is 2.17. The van der Waals surface area contributed by atoms with Crippen LogP contribution in [0.4, 0.5) is 0 Å². The normalized spacial score (nSPS) is 34.5. The molecule has 0 aromatic carbocycles. The van der Waals surface area contributed by atoms with E-state index < -0.39 is 0 Å². The molecule has 2 heterocycles. The molecule has 0 aromatic rings. The first-order chi connectivity index (χ1) is 5.27. The maximum atomic E-state index is 7.41. The van der Waals surface area contributed by atoms with Gasteiger partial charge in [-0.1, -0.05) is 12.2 Å². The van der Waals surface area contributed by atoms with Crippen molar-refractivity contribution in [2.45, 2.75) is 31.9 Å². The molecular formula is C8H12N2O. The van der Waals surface area contributed by atoms with Crippen molar-refractivity contribution in [3.8, 4) is 0 Å². The van der Waals surface area contributed by atoms with Crippen molar-refractivity contribution in [2.24, 2.45) is 0 Å². The Morgan fingerprint density at radius 2 is 2.36 bits per heavy atom. The maximum Gasteiger partial charge on any atom is 0.118 e. The number of hydrogen-bond acceptors (Lipinski definition) is 2. The van der Waals surface area contributed by atoms with Crippen molar-refractivity contribution in [1.29, 1.82) is 5.41 Å². The first-order valence-corrected chi connectivity index (χ1v) is 3.97. The van der Waals surface area contributed by atoms with Crippen LogP contribution >= 0.6 is 0 Å². The molecular weight excluding hydrogens is 140 g/mol. The van der Waals surface area contributed by atoms with E-state index in [-0.39, 0.29) is 6.10 Å². The van der Waals surface area contributed by atoms with Crippen LogP contribution in [-0.4, -0.2) is 23.0 Å². The van der Waals surface area contributed by atoms with E-state index in [9.17, 15) is 0 Å². The summed E-state index contributed by atoms with van der Waals surface area (Å²) >= 11 is 0. The predicted octanol–water partition coefficient (Wildman–Crippen LogP) is 1.32. The van der Waals surface area contributed by atoms with E-state index >= 15 is 0 Å². The largest absolute Gasteiger partial charge is 0.287 e. The van der Waals surface area contributed by atoms with Gasteiger partial charge in [0.15, 0.2) is 0 Å². The van der Waals surface area contributed by atoms with Crippen molar-refractivity contribution >= 4 is 5.84 Å². The van der Waals surface area contributed by atoms with Gasteiger partial charge < -0.3 is 0 Å².